The fraction of sp³-hybridized carbons (Fsp3) is 0.786. The van der Waals surface area contributed by atoms with E-state index in [1.54, 1.807) is 7.11 Å². The minimum absolute atomic E-state index is 0.0299. The van der Waals surface area contributed by atoms with Gasteiger partial charge in [-0.15, -0.1) is 0 Å². The van der Waals surface area contributed by atoms with Gasteiger partial charge in [0.25, 0.3) is 0 Å². The molecule has 5 nitrogen and oxygen atoms in total. The van der Waals surface area contributed by atoms with Crippen LogP contribution < -0.4 is 5.32 Å². The van der Waals surface area contributed by atoms with Gasteiger partial charge in [-0.1, -0.05) is 0 Å². The van der Waals surface area contributed by atoms with Crippen molar-refractivity contribution in [2.45, 2.75) is 51.5 Å². The first-order valence-corrected chi connectivity index (χ1v) is 6.98. The predicted octanol–water partition coefficient (Wildman–Crippen LogP) is 1.58. The first-order valence-electron chi connectivity index (χ1n) is 6.98. The van der Waals surface area contributed by atoms with Crippen molar-refractivity contribution in [1.82, 2.24) is 14.9 Å². The maximum absolute atomic E-state index is 6.03. The molecule has 0 spiro atoms. The van der Waals surface area contributed by atoms with Crippen molar-refractivity contribution in [1.29, 1.82) is 0 Å². The van der Waals surface area contributed by atoms with Crippen molar-refractivity contribution in [2.75, 3.05) is 20.3 Å². The first-order chi connectivity index (χ1) is 9.11. The van der Waals surface area contributed by atoms with Crippen LogP contribution in [0, 0.1) is 0 Å². The number of hydrogen-bond acceptors (Lipinski definition) is 4. The van der Waals surface area contributed by atoms with Crippen LogP contribution in [0.4, 0.5) is 0 Å². The van der Waals surface area contributed by atoms with E-state index in [-0.39, 0.29) is 5.60 Å². The molecule has 1 fully saturated rings. The highest BCUT2D eigenvalue weighted by atomic mass is 16.5. The molecule has 1 aliphatic heterocycles. The summed E-state index contributed by atoms with van der Waals surface area (Å²) >= 11 is 0. The van der Waals surface area contributed by atoms with Crippen molar-refractivity contribution in [2.24, 2.45) is 0 Å². The van der Waals surface area contributed by atoms with E-state index < -0.39 is 0 Å². The number of imidazole rings is 1. The van der Waals surface area contributed by atoms with Gasteiger partial charge in [0.15, 0.2) is 0 Å². The molecule has 1 aromatic heterocycles. The molecule has 0 bridgehead atoms. The molecule has 108 valence electrons. The monoisotopic (exact) mass is 267 g/mol. The zero-order chi connectivity index (χ0) is 13.7. The number of methoxy groups -OCH3 is 1. The van der Waals surface area contributed by atoms with E-state index in [1.165, 1.54) is 0 Å². The Morgan fingerprint density at radius 3 is 3.11 bits per heavy atom. The van der Waals surface area contributed by atoms with E-state index in [0.29, 0.717) is 6.10 Å². The Bertz CT molecular complexity index is 390. The number of nitrogens with zero attached hydrogens (tertiary/aromatic N) is 2. The lowest BCUT2D eigenvalue weighted by molar-refractivity contribution is -0.0220. The van der Waals surface area contributed by atoms with Gasteiger partial charge in [-0.05, 0) is 26.7 Å². The lowest BCUT2D eigenvalue weighted by atomic mass is 10.1. The molecule has 0 amide bonds. The van der Waals surface area contributed by atoms with Crippen molar-refractivity contribution < 1.29 is 9.47 Å². The van der Waals surface area contributed by atoms with Crippen LogP contribution in [0.3, 0.4) is 0 Å². The van der Waals surface area contributed by atoms with Crippen LogP contribution in [0.5, 0.6) is 0 Å². The fourth-order valence-corrected chi connectivity index (χ4v) is 2.47. The van der Waals surface area contributed by atoms with Gasteiger partial charge in [0.05, 0.1) is 31.4 Å². The Balaban J connectivity index is 1.82. The molecule has 0 saturated carbocycles. The van der Waals surface area contributed by atoms with Crippen molar-refractivity contribution in [3.8, 4) is 0 Å². The third-order valence-electron chi connectivity index (χ3n) is 3.52. The van der Waals surface area contributed by atoms with Crippen LogP contribution in [0.2, 0.25) is 0 Å². The second-order valence-corrected chi connectivity index (χ2v) is 5.70. The molecule has 1 saturated heterocycles. The lowest BCUT2D eigenvalue weighted by Crippen LogP contribution is -2.25. The molecular formula is C14H25N3O2. The van der Waals surface area contributed by atoms with Gasteiger partial charge in [0.1, 0.15) is 5.82 Å². The molecule has 19 heavy (non-hydrogen) atoms. The summed E-state index contributed by atoms with van der Waals surface area (Å²) in [6, 6.07) is 0. The predicted molar refractivity (Wildman–Crippen MR) is 74.0 cm³/mol. The molecule has 5 heteroatoms. The van der Waals surface area contributed by atoms with Gasteiger partial charge in [-0.25, -0.2) is 4.98 Å². The van der Waals surface area contributed by atoms with Crippen molar-refractivity contribution in [3.05, 3.63) is 18.2 Å². The Labute approximate surface area is 115 Å². The van der Waals surface area contributed by atoms with E-state index in [1.807, 2.05) is 12.4 Å². The molecule has 1 unspecified atom stereocenters. The SMILES string of the molecule is COCCNCc1nccn1CC1CCC(C)(C)O1. The molecular weight excluding hydrogens is 242 g/mol. The number of aromatic nitrogens is 2. The highest BCUT2D eigenvalue weighted by molar-refractivity contribution is 4.94. The van der Waals surface area contributed by atoms with Crippen LogP contribution in [0.25, 0.3) is 0 Å². The average molecular weight is 267 g/mol. The topological polar surface area (TPSA) is 48.3 Å². The smallest absolute Gasteiger partial charge is 0.122 e. The van der Waals surface area contributed by atoms with Crippen LogP contribution in [-0.4, -0.2) is 41.5 Å². The minimum Gasteiger partial charge on any atom is -0.383 e. The van der Waals surface area contributed by atoms with Crippen LogP contribution in [0.1, 0.15) is 32.5 Å². The molecule has 1 aliphatic rings. The summed E-state index contributed by atoms with van der Waals surface area (Å²) in [5.41, 5.74) is 0.0299. The number of ether oxygens (including phenoxy) is 2. The summed E-state index contributed by atoms with van der Waals surface area (Å²) in [5.74, 6) is 1.06. The quantitative estimate of drug-likeness (QED) is 0.762. The zero-order valence-corrected chi connectivity index (χ0v) is 12.2. The third kappa shape index (κ3) is 4.30. The van der Waals surface area contributed by atoms with Crippen molar-refractivity contribution in [3.63, 3.8) is 0 Å². The molecule has 1 atom stereocenters. The zero-order valence-electron chi connectivity index (χ0n) is 12.2. The Morgan fingerprint density at radius 1 is 1.58 bits per heavy atom. The number of hydrogen-bond donors (Lipinski definition) is 1. The highest BCUT2D eigenvalue weighted by Crippen LogP contribution is 2.30. The molecule has 0 aromatic carbocycles. The first kappa shape index (κ1) is 14.5. The molecule has 1 N–H and O–H groups in total. The second kappa shape index (κ2) is 6.50. The van der Waals surface area contributed by atoms with Gasteiger partial charge >= 0.3 is 0 Å². The van der Waals surface area contributed by atoms with Crippen LogP contribution in [0.15, 0.2) is 12.4 Å². The number of nitrogens with one attached hydrogen (secondary N) is 1. The van der Waals surface area contributed by atoms with Gasteiger partial charge < -0.3 is 19.4 Å². The van der Waals surface area contributed by atoms with E-state index in [9.17, 15) is 0 Å². The maximum atomic E-state index is 6.03. The standard InChI is InChI=1S/C14H25N3O2/c1-14(2)5-4-12(19-14)11-17-8-6-16-13(17)10-15-7-9-18-3/h6,8,12,15H,4-5,7,9-11H2,1-3H3. The van der Waals surface area contributed by atoms with Gasteiger partial charge in [-0.3, -0.25) is 0 Å². The normalized spacial score (nSPS) is 21.9. The van der Waals surface area contributed by atoms with Gasteiger partial charge in [0, 0.05) is 26.0 Å². The largest absolute Gasteiger partial charge is 0.383 e. The Hall–Kier alpha value is -0.910. The molecule has 1 aromatic rings. The second-order valence-electron chi connectivity index (χ2n) is 5.70. The molecule has 0 aliphatic carbocycles. The summed E-state index contributed by atoms with van der Waals surface area (Å²) in [6.45, 7) is 7.55. The summed E-state index contributed by atoms with van der Waals surface area (Å²) in [4.78, 5) is 4.40. The van der Waals surface area contributed by atoms with Crippen molar-refractivity contribution >= 4 is 0 Å². The fourth-order valence-electron chi connectivity index (χ4n) is 2.47. The maximum Gasteiger partial charge on any atom is 0.122 e. The van der Waals surface area contributed by atoms with Crippen LogP contribution in [-0.2, 0) is 22.6 Å². The van der Waals surface area contributed by atoms with E-state index in [4.69, 9.17) is 9.47 Å². The number of rotatable bonds is 7. The summed E-state index contributed by atoms with van der Waals surface area (Å²) in [6.07, 6.45) is 6.45. The molecule has 2 rings (SSSR count). The average Bonchev–Trinajstić information content (AvgIpc) is 2.92. The Kier molecular flexibility index (Phi) is 4.96. The Morgan fingerprint density at radius 2 is 2.42 bits per heavy atom. The van der Waals surface area contributed by atoms with E-state index in [2.05, 4.69) is 28.7 Å². The minimum atomic E-state index is 0.0299. The van der Waals surface area contributed by atoms with E-state index in [0.717, 1.165) is 44.9 Å². The summed E-state index contributed by atoms with van der Waals surface area (Å²) < 4.78 is 13.2. The van der Waals surface area contributed by atoms with Crippen LogP contribution >= 0.6 is 0 Å². The van der Waals surface area contributed by atoms with Gasteiger partial charge in [-0.2, -0.15) is 0 Å². The molecule has 0 radical (unpaired) electrons. The van der Waals surface area contributed by atoms with E-state index >= 15 is 0 Å². The summed E-state index contributed by atoms with van der Waals surface area (Å²) in [7, 11) is 1.71. The lowest BCUT2D eigenvalue weighted by Gasteiger charge is -2.20. The third-order valence-corrected chi connectivity index (χ3v) is 3.52. The molecule has 2 heterocycles. The summed E-state index contributed by atoms with van der Waals surface area (Å²) in [5, 5.41) is 3.32. The highest BCUT2D eigenvalue weighted by Gasteiger charge is 2.31. The van der Waals surface area contributed by atoms with Gasteiger partial charge in [0.2, 0.25) is 0 Å².